The second-order valence-electron chi connectivity index (χ2n) is 11.0. The molecule has 5 heteroatoms. The van der Waals surface area contributed by atoms with Gasteiger partial charge >= 0.3 is 5.97 Å². The number of carbonyl (C=O) groups excluding carboxylic acids is 1. The second-order valence-corrected chi connectivity index (χ2v) is 12.1. The molecule has 0 saturated heterocycles. The number of carboxylic acids is 1. The van der Waals surface area contributed by atoms with E-state index >= 15 is 0 Å². The number of Topliss-reactive ketones (excluding diaryl/α,β-unsaturated/α-hetero) is 1. The summed E-state index contributed by atoms with van der Waals surface area (Å²) in [5.74, 6) is 6.64. The molecular weight excluding hydrogens is 420 g/mol. The predicted molar refractivity (Wildman–Crippen MR) is 129 cm³/mol. The summed E-state index contributed by atoms with van der Waals surface area (Å²) in [5, 5.41) is 20.0. The highest BCUT2D eigenvalue weighted by Crippen LogP contribution is 2.43. The molecule has 1 heterocycles. The van der Waals surface area contributed by atoms with Crippen LogP contribution in [0, 0.1) is 35.0 Å². The first-order chi connectivity index (χ1) is 15.0. The summed E-state index contributed by atoms with van der Waals surface area (Å²) in [6, 6.07) is 1.93. The molecule has 0 spiro atoms. The highest BCUT2D eigenvalue weighted by molar-refractivity contribution is 7.14. The number of hydrogen-bond donors (Lipinski definition) is 2. The van der Waals surface area contributed by atoms with Crippen LogP contribution in [0.3, 0.4) is 0 Å². The van der Waals surface area contributed by atoms with Gasteiger partial charge in [0.15, 0.2) is 0 Å². The Labute approximate surface area is 196 Å². The van der Waals surface area contributed by atoms with Crippen molar-refractivity contribution in [1.82, 2.24) is 0 Å². The lowest BCUT2D eigenvalue weighted by Gasteiger charge is -2.33. The first-order valence-electron chi connectivity index (χ1n) is 12.1. The molecular formula is C27H38O4S. The summed E-state index contributed by atoms with van der Waals surface area (Å²) in [7, 11) is 0. The summed E-state index contributed by atoms with van der Waals surface area (Å²) in [4.78, 5) is 26.5. The van der Waals surface area contributed by atoms with Crippen LogP contribution in [-0.4, -0.2) is 28.1 Å². The van der Waals surface area contributed by atoms with Crippen LogP contribution in [0.25, 0.3) is 0 Å². The van der Waals surface area contributed by atoms with Gasteiger partial charge in [-0.05, 0) is 88.7 Å². The molecule has 0 radical (unpaired) electrons. The Morgan fingerprint density at radius 3 is 2.28 bits per heavy atom. The number of thiophene rings is 1. The molecule has 2 N–H and O–H groups in total. The van der Waals surface area contributed by atoms with Gasteiger partial charge < -0.3 is 10.2 Å². The van der Waals surface area contributed by atoms with E-state index in [9.17, 15) is 19.8 Å². The summed E-state index contributed by atoms with van der Waals surface area (Å²) in [5.41, 5.74) is 0.611. The maximum atomic E-state index is 13.3. The van der Waals surface area contributed by atoms with Gasteiger partial charge in [0.05, 0.1) is 11.0 Å². The lowest BCUT2D eigenvalue weighted by Crippen LogP contribution is -2.28. The lowest BCUT2D eigenvalue weighted by molar-refractivity contribution is -0.124. The number of aromatic carboxylic acids is 1. The molecule has 2 aliphatic carbocycles. The molecule has 2 aliphatic rings. The number of aliphatic hydroxyl groups excluding tert-OH is 1. The zero-order valence-electron chi connectivity index (χ0n) is 19.9. The van der Waals surface area contributed by atoms with E-state index < -0.39 is 5.97 Å². The Balaban J connectivity index is 1.91. The maximum Gasteiger partial charge on any atom is 0.346 e. The topological polar surface area (TPSA) is 74.6 Å². The molecule has 0 amide bonds. The number of aliphatic hydroxyl groups is 1. The summed E-state index contributed by atoms with van der Waals surface area (Å²) < 4.78 is 0. The number of rotatable bonds is 6. The van der Waals surface area contributed by atoms with E-state index in [-0.39, 0.29) is 35.1 Å². The molecule has 4 nitrogen and oxygen atoms in total. The largest absolute Gasteiger partial charge is 0.477 e. The Hall–Kier alpha value is -1.64. The SMILES string of the molecule is CC1CCC(C(=O)CC(c2cc(C#CC(C)(C)C)sc2C(=O)O)C2CCC(O)CC2)CC1. The highest BCUT2D eigenvalue weighted by atomic mass is 32.1. The van der Waals surface area contributed by atoms with Gasteiger partial charge in [-0.25, -0.2) is 4.79 Å². The van der Waals surface area contributed by atoms with Crippen molar-refractivity contribution in [3.63, 3.8) is 0 Å². The fourth-order valence-electron chi connectivity index (χ4n) is 5.16. The van der Waals surface area contributed by atoms with Crippen LogP contribution in [0.5, 0.6) is 0 Å². The fraction of sp³-hybridized carbons (Fsp3) is 0.704. The van der Waals surface area contributed by atoms with Crippen LogP contribution in [0.2, 0.25) is 0 Å². The van der Waals surface area contributed by atoms with Gasteiger partial charge in [-0.15, -0.1) is 11.3 Å². The van der Waals surface area contributed by atoms with Gasteiger partial charge in [0, 0.05) is 17.8 Å². The zero-order chi connectivity index (χ0) is 23.5. The third-order valence-electron chi connectivity index (χ3n) is 7.12. The van der Waals surface area contributed by atoms with Crippen molar-refractivity contribution < 1.29 is 19.8 Å². The molecule has 32 heavy (non-hydrogen) atoms. The summed E-state index contributed by atoms with van der Waals surface area (Å²) >= 11 is 1.23. The molecule has 1 unspecified atom stereocenters. The van der Waals surface area contributed by atoms with Crippen molar-refractivity contribution in [1.29, 1.82) is 0 Å². The third kappa shape index (κ3) is 6.68. The number of carbonyl (C=O) groups is 2. The normalized spacial score (nSPS) is 27.3. The van der Waals surface area contributed by atoms with E-state index in [1.54, 1.807) is 0 Å². The van der Waals surface area contributed by atoms with Gasteiger partial charge in [-0.3, -0.25) is 4.79 Å². The van der Waals surface area contributed by atoms with Gasteiger partial charge in [-0.1, -0.05) is 31.6 Å². The van der Waals surface area contributed by atoms with Gasteiger partial charge in [0.25, 0.3) is 0 Å². The molecule has 2 fully saturated rings. The molecule has 1 aromatic heterocycles. The number of carboxylic acid groups (broad SMARTS) is 1. The molecule has 176 valence electrons. The van der Waals surface area contributed by atoms with Gasteiger partial charge in [0.2, 0.25) is 0 Å². The first kappa shape index (κ1) is 25.0. The first-order valence-corrected chi connectivity index (χ1v) is 13.0. The Morgan fingerprint density at radius 2 is 1.72 bits per heavy atom. The standard InChI is InChI=1S/C27H38O4S/c1-17-5-7-19(8-6-17)24(29)16-22(18-9-11-20(28)12-10-18)23-15-21(13-14-27(2,3)4)32-25(23)26(30)31/h15,17-20,22,28H,5-12,16H2,1-4H3,(H,30,31). The minimum absolute atomic E-state index is 0.106. The van der Waals surface area contributed by atoms with Crippen LogP contribution < -0.4 is 0 Å². The van der Waals surface area contributed by atoms with Gasteiger partial charge in [-0.2, -0.15) is 0 Å². The molecule has 1 aromatic rings. The molecule has 0 aliphatic heterocycles. The van der Waals surface area contributed by atoms with E-state index in [0.717, 1.165) is 61.8 Å². The number of hydrogen-bond acceptors (Lipinski definition) is 4. The maximum absolute atomic E-state index is 13.3. The van der Waals surface area contributed by atoms with E-state index in [0.29, 0.717) is 17.2 Å². The average molecular weight is 459 g/mol. The smallest absolute Gasteiger partial charge is 0.346 e. The molecule has 0 bridgehead atoms. The van der Waals surface area contributed by atoms with Crippen LogP contribution in [0.4, 0.5) is 0 Å². The Morgan fingerprint density at radius 1 is 1.09 bits per heavy atom. The van der Waals surface area contributed by atoms with Crippen LogP contribution >= 0.6 is 11.3 Å². The van der Waals surface area contributed by atoms with Crippen molar-refractivity contribution in [3.05, 3.63) is 21.4 Å². The van der Waals surface area contributed by atoms with E-state index in [1.807, 2.05) is 26.8 Å². The van der Waals surface area contributed by atoms with E-state index in [2.05, 4.69) is 18.8 Å². The fourth-order valence-corrected chi connectivity index (χ4v) is 6.08. The highest BCUT2D eigenvalue weighted by Gasteiger charge is 2.35. The third-order valence-corrected chi connectivity index (χ3v) is 8.17. The van der Waals surface area contributed by atoms with Gasteiger partial charge in [0.1, 0.15) is 10.7 Å². The van der Waals surface area contributed by atoms with E-state index in [4.69, 9.17) is 0 Å². The van der Waals surface area contributed by atoms with Crippen molar-refractivity contribution in [3.8, 4) is 11.8 Å². The van der Waals surface area contributed by atoms with Crippen molar-refractivity contribution >= 4 is 23.1 Å². The van der Waals surface area contributed by atoms with E-state index in [1.165, 1.54) is 11.3 Å². The van der Waals surface area contributed by atoms with Crippen LogP contribution in [0.15, 0.2) is 6.07 Å². The Bertz CT molecular complexity index is 866. The number of ketones is 1. The zero-order valence-corrected chi connectivity index (χ0v) is 20.8. The van der Waals surface area contributed by atoms with Crippen LogP contribution in [-0.2, 0) is 4.79 Å². The Kier molecular flexibility index (Phi) is 8.22. The van der Waals surface area contributed by atoms with Crippen molar-refractivity contribution in [2.75, 3.05) is 0 Å². The summed E-state index contributed by atoms with van der Waals surface area (Å²) in [6.07, 6.45) is 7.34. The molecule has 1 atom stereocenters. The molecule has 0 aromatic carbocycles. The summed E-state index contributed by atoms with van der Waals surface area (Å²) in [6.45, 7) is 8.35. The molecule has 2 saturated carbocycles. The second kappa shape index (κ2) is 10.5. The minimum Gasteiger partial charge on any atom is -0.477 e. The monoisotopic (exact) mass is 458 g/mol. The molecule has 3 rings (SSSR count). The van der Waals surface area contributed by atoms with Crippen molar-refractivity contribution in [2.24, 2.45) is 23.2 Å². The predicted octanol–water partition coefficient (Wildman–Crippen LogP) is 6.26. The minimum atomic E-state index is -0.936. The van der Waals surface area contributed by atoms with Crippen molar-refractivity contribution in [2.45, 2.75) is 97.5 Å². The van der Waals surface area contributed by atoms with Crippen LogP contribution in [0.1, 0.15) is 112 Å². The lowest BCUT2D eigenvalue weighted by atomic mass is 9.71. The quantitative estimate of drug-likeness (QED) is 0.493. The average Bonchev–Trinajstić information content (AvgIpc) is 3.16.